The molecule has 7 heteroatoms. The van der Waals surface area contributed by atoms with E-state index < -0.39 is 10.0 Å². The topological polar surface area (TPSA) is 66.5 Å². The highest BCUT2D eigenvalue weighted by atomic mass is 32.2. The van der Waals surface area contributed by atoms with E-state index in [-0.39, 0.29) is 5.91 Å². The van der Waals surface area contributed by atoms with Crippen molar-refractivity contribution in [2.24, 2.45) is 0 Å². The van der Waals surface area contributed by atoms with Crippen LogP contribution in [0.2, 0.25) is 0 Å². The van der Waals surface area contributed by atoms with Crippen LogP contribution in [0.4, 0.5) is 5.69 Å². The third kappa shape index (κ3) is 3.99. The number of benzene rings is 2. The molecule has 0 radical (unpaired) electrons. The van der Waals surface area contributed by atoms with Crippen molar-refractivity contribution >= 4 is 33.0 Å². The number of carbonyl (C=O) groups excluding carboxylic acids is 1. The van der Waals surface area contributed by atoms with Crippen LogP contribution in [0.5, 0.6) is 0 Å². The van der Waals surface area contributed by atoms with E-state index in [1.165, 1.54) is 15.6 Å². The van der Waals surface area contributed by atoms with E-state index in [9.17, 15) is 13.2 Å². The summed E-state index contributed by atoms with van der Waals surface area (Å²) >= 11 is 1.23. The number of hydrogen-bond donors (Lipinski definition) is 1. The molecule has 4 rings (SSSR count). The molecule has 1 aromatic heterocycles. The number of fused-ring (bicyclic) bond motifs is 1. The molecule has 1 aliphatic heterocycles. The quantitative estimate of drug-likeness (QED) is 0.674. The lowest BCUT2D eigenvalue weighted by molar-refractivity contribution is 0.102. The van der Waals surface area contributed by atoms with Crippen molar-refractivity contribution in [1.82, 2.24) is 4.31 Å². The maximum Gasteiger partial charge on any atom is 0.255 e. The second-order valence-corrected chi connectivity index (χ2v) is 10.4. The molecule has 0 aliphatic carbocycles. The first-order chi connectivity index (χ1) is 13.8. The van der Waals surface area contributed by atoms with Crippen molar-refractivity contribution in [3.05, 3.63) is 81.7 Å². The van der Waals surface area contributed by atoms with Crippen LogP contribution in [0.3, 0.4) is 0 Å². The number of nitrogens with one attached hydrogen (secondary N) is 1. The van der Waals surface area contributed by atoms with Gasteiger partial charge >= 0.3 is 0 Å². The summed E-state index contributed by atoms with van der Waals surface area (Å²) in [6, 6.07) is 14.9. The monoisotopic (exact) mass is 426 g/mol. The summed E-state index contributed by atoms with van der Waals surface area (Å²) in [6.45, 7) is 4.64. The van der Waals surface area contributed by atoms with Crippen LogP contribution in [-0.4, -0.2) is 25.2 Å². The Hall–Kier alpha value is -2.48. The highest BCUT2D eigenvalue weighted by molar-refractivity contribution is 7.91. The van der Waals surface area contributed by atoms with Gasteiger partial charge in [-0.2, -0.15) is 4.31 Å². The molecule has 29 heavy (non-hydrogen) atoms. The molecule has 0 bridgehead atoms. The summed E-state index contributed by atoms with van der Waals surface area (Å²) in [5.41, 5.74) is 5.30. The Bertz CT molecular complexity index is 1170. The van der Waals surface area contributed by atoms with Gasteiger partial charge in [0.2, 0.25) is 0 Å². The lowest BCUT2D eigenvalue weighted by Crippen LogP contribution is -2.35. The van der Waals surface area contributed by atoms with E-state index in [0.717, 1.165) is 22.3 Å². The predicted octanol–water partition coefficient (Wildman–Crippen LogP) is 4.36. The Kier molecular flexibility index (Phi) is 5.29. The maximum absolute atomic E-state index is 12.8. The lowest BCUT2D eigenvalue weighted by Gasteiger charge is -2.28. The van der Waals surface area contributed by atoms with Gasteiger partial charge in [0.05, 0.1) is 0 Å². The van der Waals surface area contributed by atoms with Crippen molar-refractivity contribution in [2.45, 2.75) is 31.0 Å². The third-order valence-corrected chi connectivity index (χ3v) is 8.39. The first-order valence-electron chi connectivity index (χ1n) is 9.38. The molecule has 0 unspecified atom stereocenters. The summed E-state index contributed by atoms with van der Waals surface area (Å²) in [6.07, 6.45) is 0.658. The van der Waals surface area contributed by atoms with Crippen LogP contribution in [-0.2, 0) is 23.0 Å². The predicted molar refractivity (Wildman–Crippen MR) is 116 cm³/mol. The van der Waals surface area contributed by atoms with Gasteiger partial charge in [-0.1, -0.05) is 29.8 Å². The van der Waals surface area contributed by atoms with Gasteiger partial charge in [-0.05, 0) is 66.6 Å². The maximum atomic E-state index is 12.8. The van der Waals surface area contributed by atoms with Gasteiger partial charge in [0.15, 0.2) is 0 Å². The molecule has 0 fully saturated rings. The zero-order valence-electron chi connectivity index (χ0n) is 16.3. The number of thiophene rings is 1. The summed E-state index contributed by atoms with van der Waals surface area (Å²) in [5, 5.41) is 4.72. The average Bonchev–Trinajstić information content (AvgIpc) is 3.25. The zero-order valence-corrected chi connectivity index (χ0v) is 17.9. The highest BCUT2D eigenvalue weighted by Gasteiger charge is 2.29. The van der Waals surface area contributed by atoms with E-state index >= 15 is 0 Å². The fourth-order valence-electron chi connectivity index (χ4n) is 3.53. The van der Waals surface area contributed by atoms with Crippen LogP contribution in [0.15, 0.2) is 58.1 Å². The second kappa shape index (κ2) is 7.74. The smallest absolute Gasteiger partial charge is 0.255 e. The van der Waals surface area contributed by atoms with Crippen molar-refractivity contribution in [1.29, 1.82) is 0 Å². The Labute approximate surface area is 175 Å². The highest BCUT2D eigenvalue weighted by Crippen LogP contribution is 2.29. The molecule has 1 aliphatic rings. The number of nitrogens with zero attached hydrogens (tertiary/aromatic N) is 1. The summed E-state index contributed by atoms with van der Waals surface area (Å²) in [4.78, 5) is 12.7. The Morgan fingerprint density at radius 1 is 1.07 bits per heavy atom. The molecule has 0 atom stereocenters. The van der Waals surface area contributed by atoms with Gasteiger partial charge in [0.1, 0.15) is 4.21 Å². The van der Waals surface area contributed by atoms with Crippen LogP contribution in [0.1, 0.15) is 32.6 Å². The fraction of sp³-hybridized carbons (Fsp3) is 0.227. The fourth-order valence-corrected chi connectivity index (χ4v) is 6.09. The second-order valence-electron chi connectivity index (χ2n) is 7.28. The zero-order chi connectivity index (χ0) is 20.6. The van der Waals surface area contributed by atoms with E-state index in [0.29, 0.717) is 35.0 Å². The molecule has 1 amide bonds. The number of carbonyl (C=O) groups is 1. The van der Waals surface area contributed by atoms with Crippen molar-refractivity contribution < 1.29 is 13.2 Å². The van der Waals surface area contributed by atoms with Crippen LogP contribution in [0.25, 0.3) is 0 Å². The van der Waals surface area contributed by atoms with Gasteiger partial charge in [-0.3, -0.25) is 4.79 Å². The van der Waals surface area contributed by atoms with Crippen LogP contribution < -0.4 is 5.32 Å². The van der Waals surface area contributed by atoms with Crippen molar-refractivity contribution in [3.8, 4) is 0 Å². The first-order valence-corrected chi connectivity index (χ1v) is 11.7. The Balaban J connectivity index is 1.56. The van der Waals surface area contributed by atoms with Gasteiger partial charge in [0, 0.05) is 24.3 Å². The normalized spacial score (nSPS) is 14.4. The minimum absolute atomic E-state index is 0.162. The molecule has 2 aromatic carbocycles. The standard InChI is InChI=1S/C22H22N2O3S2/c1-15-5-6-16(2)20(12-15)22(25)23-19-8-7-17-9-10-24(14-18(17)13-19)29(26,27)21-4-3-11-28-21/h3-8,11-13H,9-10,14H2,1-2H3,(H,23,25). The molecule has 1 N–H and O–H groups in total. The molecule has 2 heterocycles. The van der Waals surface area contributed by atoms with E-state index in [1.54, 1.807) is 17.5 Å². The summed E-state index contributed by atoms with van der Waals surface area (Å²) in [5.74, 6) is -0.162. The number of hydrogen-bond acceptors (Lipinski definition) is 4. The van der Waals surface area contributed by atoms with Crippen LogP contribution >= 0.6 is 11.3 Å². The van der Waals surface area contributed by atoms with Crippen LogP contribution in [0, 0.1) is 13.8 Å². The molecule has 0 saturated carbocycles. The van der Waals surface area contributed by atoms with Gasteiger partial charge in [-0.15, -0.1) is 11.3 Å². The Morgan fingerprint density at radius 2 is 1.90 bits per heavy atom. The van der Waals surface area contributed by atoms with Crippen molar-refractivity contribution in [3.63, 3.8) is 0 Å². The molecule has 150 valence electrons. The summed E-state index contributed by atoms with van der Waals surface area (Å²) < 4.78 is 27.6. The molecule has 0 saturated heterocycles. The number of sulfonamides is 1. The molecule has 3 aromatic rings. The number of amides is 1. The van der Waals surface area contributed by atoms with E-state index in [1.807, 2.05) is 50.2 Å². The molecular formula is C22H22N2O3S2. The minimum Gasteiger partial charge on any atom is -0.322 e. The molecule has 0 spiro atoms. The molecular weight excluding hydrogens is 404 g/mol. The van der Waals surface area contributed by atoms with Gasteiger partial charge in [0.25, 0.3) is 15.9 Å². The molecule has 5 nitrogen and oxygen atoms in total. The minimum atomic E-state index is -3.49. The third-order valence-electron chi connectivity index (χ3n) is 5.17. The number of rotatable bonds is 4. The summed E-state index contributed by atoms with van der Waals surface area (Å²) in [7, 11) is -3.49. The Morgan fingerprint density at radius 3 is 2.66 bits per heavy atom. The van der Waals surface area contributed by atoms with E-state index in [2.05, 4.69) is 5.32 Å². The van der Waals surface area contributed by atoms with Gasteiger partial charge < -0.3 is 5.32 Å². The van der Waals surface area contributed by atoms with Gasteiger partial charge in [-0.25, -0.2) is 8.42 Å². The van der Waals surface area contributed by atoms with Crippen molar-refractivity contribution in [2.75, 3.05) is 11.9 Å². The number of aryl methyl sites for hydroxylation is 2. The average molecular weight is 427 g/mol. The first kappa shape index (κ1) is 19.8. The van der Waals surface area contributed by atoms with E-state index in [4.69, 9.17) is 0 Å². The lowest BCUT2D eigenvalue weighted by atomic mass is 10.00. The largest absolute Gasteiger partial charge is 0.322 e. The SMILES string of the molecule is Cc1ccc(C)c(C(=O)Nc2ccc3c(c2)CN(S(=O)(=O)c2cccs2)CC3)c1. The number of anilines is 1.